The zero-order valence-corrected chi connectivity index (χ0v) is 14.3. The van der Waals surface area contributed by atoms with E-state index in [2.05, 4.69) is 25.9 Å². The highest BCUT2D eigenvalue weighted by Gasteiger charge is 2.50. The molecular weight excluding hydrogens is 288 g/mol. The highest BCUT2D eigenvalue weighted by atomic mass is 16.6. The van der Waals surface area contributed by atoms with Gasteiger partial charge in [0.05, 0.1) is 6.21 Å². The van der Waals surface area contributed by atoms with E-state index in [0.717, 1.165) is 24.9 Å². The molecule has 1 aliphatic heterocycles. The van der Waals surface area contributed by atoms with E-state index in [-0.39, 0.29) is 17.9 Å². The predicted molar refractivity (Wildman–Crippen MR) is 91.2 cm³/mol. The van der Waals surface area contributed by atoms with E-state index in [4.69, 9.17) is 4.84 Å². The predicted octanol–water partition coefficient (Wildman–Crippen LogP) is 3.46. The van der Waals surface area contributed by atoms with Gasteiger partial charge >= 0.3 is 0 Å². The normalized spacial score (nSPS) is 29.0. The van der Waals surface area contributed by atoms with Gasteiger partial charge in [0.15, 0.2) is 6.61 Å². The van der Waals surface area contributed by atoms with Crippen molar-refractivity contribution in [2.75, 3.05) is 13.2 Å². The number of benzene rings is 1. The molecule has 1 heterocycles. The summed E-state index contributed by atoms with van der Waals surface area (Å²) in [5.41, 5.74) is 1.54. The average Bonchev–Trinajstić information content (AvgIpc) is 2.73. The second kappa shape index (κ2) is 5.99. The van der Waals surface area contributed by atoms with Crippen molar-refractivity contribution in [3.05, 3.63) is 35.9 Å². The van der Waals surface area contributed by atoms with Crippen molar-refractivity contribution in [3.8, 4) is 0 Å². The lowest BCUT2D eigenvalue weighted by molar-refractivity contribution is -0.137. The molecule has 4 heteroatoms. The van der Waals surface area contributed by atoms with Gasteiger partial charge in [0.2, 0.25) is 0 Å². The third-order valence-corrected chi connectivity index (χ3v) is 5.00. The number of oxime groups is 1. The first kappa shape index (κ1) is 16.0. The van der Waals surface area contributed by atoms with E-state index < -0.39 is 0 Å². The van der Waals surface area contributed by atoms with Crippen LogP contribution in [0.3, 0.4) is 0 Å². The molecule has 1 aliphatic carbocycles. The Morgan fingerprint density at radius 2 is 2.04 bits per heavy atom. The number of amides is 1. The van der Waals surface area contributed by atoms with Crippen LogP contribution in [0.2, 0.25) is 0 Å². The maximum Gasteiger partial charge on any atom is 0.263 e. The van der Waals surface area contributed by atoms with E-state index in [1.807, 2.05) is 35.2 Å². The zero-order valence-electron chi connectivity index (χ0n) is 14.3. The topological polar surface area (TPSA) is 41.9 Å². The Hall–Kier alpha value is -1.84. The maximum absolute atomic E-state index is 12.5. The van der Waals surface area contributed by atoms with Crippen LogP contribution in [0.25, 0.3) is 0 Å². The highest BCUT2D eigenvalue weighted by molar-refractivity contribution is 5.80. The van der Waals surface area contributed by atoms with Gasteiger partial charge in [0.25, 0.3) is 5.91 Å². The van der Waals surface area contributed by atoms with Gasteiger partial charge in [-0.05, 0) is 35.7 Å². The van der Waals surface area contributed by atoms with Crippen LogP contribution < -0.4 is 0 Å². The molecule has 1 saturated heterocycles. The smallest absolute Gasteiger partial charge is 0.263 e. The molecule has 2 aliphatic rings. The van der Waals surface area contributed by atoms with E-state index in [1.54, 1.807) is 6.21 Å². The molecule has 2 atom stereocenters. The number of hydrogen-bond donors (Lipinski definition) is 0. The molecule has 1 aromatic carbocycles. The summed E-state index contributed by atoms with van der Waals surface area (Å²) in [6.07, 6.45) is 5.03. The first-order chi connectivity index (χ1) is 10.9. The summed E-state index contributed by atoms with van der Waals surface area (Å²) in [5, 5.41) is 3.91. The SMILES string of the molecule is CC1(C)C[C@@H]2C[C@@](C)(CN2C(=O)CO/N=C\c2ccccc2)C1. The lowest BCUT2D eigenvalue weighted by atomic mass is 9.65. The minimum atomic E-state index is 0.0241. The molecule has 3 rings (SSSR count). The van der Waals surface area contributed by atoms with Crippen LogP contribution in [0.5, 0.6) is 0 Å². The quantitative estimate of drug-likeness (QED) is 0.631. The number of hydrogen-bond acceptors (Lipinski definition) is 3. The third-order valence-electron chi connectivity index (χ3n) is 5.00. The van der Waals surface area contributed by atoms with Gasteiger partial charge in [-0.2, -0.15) is 0 Å². The number of carbonyl (C=O) groups is 1. The standard InChI is InChI=1S/C19H26N2O2/c1-18(2)9-16-10-19(3,13-18)14-21(16)17(22)12-23-20-11-15-7-5-4-6-8-15/h4-8,11,16H,9-10,12-14H2,1-3H3/b20-11-/t16-,19-/m1/s1. The summed E-state index contributed by atoms with van der Waals surface area (Å²) in [4.78, 5) is 19.7. The summed E-state index contributed by atoms with van der Waals surface area (Å²) in [7, 11) is 0. The van der Waals surface area contributed by atoms with Crippen LogP contribution in [-0.2, 0) is 9.63 Å². The Balaban J connectivity index is 1.54. The fourth-order valence-electron chi connectivity index (χ4n) is 4.56. The van der Waals surface area contributed by atoms with E-state index in [0.29, 0.717) is 11.5 Å². The highest BCUT2D eigenvalue weighted by Crippen LogP contribution is 2.52. The molecule has 2 fully saturated rings. The Morgan fingerprint density at radius 1 is 1.30 bits per heavy atom. The molecule has 1 saturated carbocycles. The van der Waals surface area contributed by atoms with Crippen molar-refractivity contribution >= 4 is 12.1 Å². The van der Waals surface area contributed by atoms with Crippen molar-refractivity contribution < 1.29 is 9.63 Å². The van der Waals surface area contributed by atoms with Crippen molar-refractivity contribution in [2.45, 2.75) is 46.1 Å². The van der Waals surface area contributed by atoms with Crippen LogP contribution in [0.15, 0.2) is 35.5 Å². The van der Waals surface area contributed by atoms with Gasteiger partial charge in [0.1, 0.15) is 0 Å². The minimum absolute atomic E-state index is 0.0241. The molecule has 0 aromatic heterocycles. The fraction of sp³-hybridized carbons (Fsp3) is 0.579. The van der Waals surface area contributed by atoms with Gasteiger partial charge in [-0.1, -0.05) is 56.3 Å². The minimum Gasteiger partial charge on any atom is -0.386 e. The van der Waals surface area contributed by atoms with E-state index in [9.17, 15) is 4.79 Å². The number of fused-ring (bicyclic) bond motifs is 2. The van der Waals surface area contributed by atoms with Gasteiger partial charge in [0, 0.05) is 12.6 Å². The van der Waals surface area contributed by atoms with Gasteiger partial charge in [-0.25, -0.2) is 0 Å². The lowest BCUT2D eigenvalue weighted by Gasteiger charge is -2.39. The van der Waals surface area contributed by atoms with Crippen LogP contribution in [-0.4, -0.2) is 36.2 Å². The molecule has 124 valence electrons. The largest absolute Gasteiger partial charge is 0.386 e. The zero-order chi connectivity index (χ0) is 16.5. The number of carbonyl (C=O) groups excluding carboxylic acids is 1. The Morgan fingerprint density at radius 3 is 2.78 bits per heavy atom. The molecule has 0 radical (unpaired) electrons. The van der Waals surface area contributed by atoms with Crippen molar-refractivity contribution in [1.29, 1.82) is 0 Å². The van der Waals surface area contributed by atoms with Crippen molar-refractivity contribution in [1.82, 2.24) is 4.90 Å². The van der Waals surface area contributed by atoms with E-state index in [1.165, 1.54) is 6.42 Å². The summed E-state index contributed by atoms with van der Waals surface area (Å²) in [5.74, 6) is 0.0571. The van der Waals surface area contributed by atoms with Crippen LogP contribution >= 0.6 is 0 Å². The first-order valence-electron chi connectivity index (χ1n) is 8.37. The first-order valence-corrected chi connectivity index (χ1v) is 8.37. The molecular formula is C19H26N2O2. The van der Waals surface area contributed by atoms with Crippen molar-refractivity contribution in [2.24, 2.45) is 16.0 Å². The second-order valence-corrected chi connectivity index (χ2v) is 8.15. The monoisotopic (exact) mass is 314 g/mol. The summed E-state index contributed by atoms with van der Waals surface area (Å²) < 4.78 is 0. The lowest BCUT2D eigenvalue weighted by Crippen LogP contribution is -2.39. The van der Waals surface area contributed by atoms with Crippen LogP contribution in [0.4, 0.5) is 0 Å². The van der Waals surface area contributed by atoms with Gasteiger partial charge < -0.3 is 9.74 Å². The fourth-order valence-corrected chi connectivity index (χ4v) is 4.56. The Kier molecular flexibility index (Phi) is 4.17. The number of likely N-dealkylation sites (tertiary alicyclic amines) is 1. The maximum atomic E-state index is 12.5. The summed E-state index contributed by atoms with van der Waals surface area (Å²) in [6, 6.07) is 10.1. The van der Waals surface area contributed by atoms with Gasteiger partial charge in [-0.3, -0.25) is 4.79 Å². The average molecular weight is 314 g/mol. The van der Waals surface area contributed by atoms with Gasteiger partial charge in [-0.15, -0.1) is 0 Å². The molecule has 0 N–H and O–H groups in total. The summed E-state index contributed by atoms with van der Waals surface area (Å²) >= 11 is 0. The Labute approximate surface area is 138 Å². The molecule has 0 unspecified atom stereocenters. The third kappa shape index (κ3) is 3.74. The number of nitrogens with zero attached hydrogens (tertiary/aromatic N) is 2. The molecule has 23 heavy (non-hydrogen) atoms. The van der Waals surface area contributed by atoms with E-state index >= 15 is 0 Å². The molecule has 1 amide bonds. The molecule has 4 nitrogen and oxygen atoms in total. The number of rotatable bonds is 4. The van der Waals surface area contributed by atoms with Crippen LogP contribution in [0.1, 0.15) is 45.6 Å². The molecule has 1 aromatic rings. The molecule has 0 spiro atoms. The summed E-state index contributed by atoms with van der Waals surface area (Å²) in [6.45, 7) is 7.81. The molecule has 2 bridgehead atoms. The van der Waals surface area contributed by atoms with Crippen LogP contribution in [0, 0.1) is 10.8 Å². The Bertz CT molecular complexity index is 597. The van der Waals surface area contributed by atoms with Crippen molar-refractivity contribution in [3.63, 3.8) is 0 Å². The second-order valence-electron chi connectivity index (χ2n) is 8.15.